The Hall–Kier alpha value is -1.79. The second-order valence-electron chi connectivity index (χ2n) is 6.91. The summed E-state index contributed by atoms with van der Waals surface area (Å²) < 4.78 is 4.92. The second-order valence-corrected chi connectivity index (χ2v) is 7.73. The monoisotopic (exact) mass is 414 g/mol. The van der Waals surface area contributed by atoms with Gasteiger partial charge in [0.2, 0.25) is 0 Å². The van der Waals surface area contributed by atoms with Gasteiger partial charge in [-0.05, 0) is 36.5 Å². The normalized spacial score (nSPS) is 22.0. The Balaban J connectivity index is 1.71. The molecule has 1 aliphatic rings. The first-order valence-corrected chi connectivity index (χ1v) is 9.71. The lowest BCUT2D eigenvalue weighted by Crippen LogP contribution is -2.45. The van der Waals surface area contributed by atoms with Crippen LogP contribution in [0.2, 0.25) is 10.0 Å². The molecule has 0 unspecified atom stereocenters. The molecule has 3 atom stereocenters. The standard InChI is InChI=1S/C19H24Cl2N2O4/c1-11-4-3-5-16(12(11)2)23-17(24)10-27-18(25)9-22-19(26)13-6-7-14(20)15(21)8-13/h6-8,11-12,16H,3-5,9-10H2,1-2H3,(H,22,26)(H,23,24)/t11-,12+,16-/m0/s1. The van der Waals surface area contributed by atoms with Gasteiger partial charge in [-0.1, -0.05) is 49.9 Å². The van der Waals surface area contributed by atoms with Crippen molar-refractivity contribution in [3.63, 3.8) is 0 Å². The van der Waals surface area contributed by atoms with Crippen molar-refractivity contribution in [1.29, 1.82) is 0 Å². The van der Waals surface area contributed by atoms with Gasteiger partial charge in [0.25, 0.3) is 11.8 Å². The quantitative estimate of drug-likeness (QED) is 0.699. The summed E-state index contributed by atoms with van der Waals surface area (Å²) in [5.41, 5.74) is 0.273. The maximum absolute atomic E-state index is 12.0. The second kappa shape index (κ2) is 9.95. The van der Waals surface area contributed by atoms with E-state index < -0.39 is 11.9 Å². The molecular formula is C19H24Cl2N2O4. The molecule has 0 saturated heterocycles. The predicted molar refractivity (Wildman–Crippen MR) is 104 cm³/mol. The van der Waals surface area contributed by atoms with E-state index >= 15 is 0 Å². The van der Waals surface area contributed by atoms with Gasteiger partial charge in [-0.25, -0.2) is 0 Å². The fourth-order valence-electron chi connectivity index (χ4n) is 3.12. The van der Waals surface area contributed by atoms with Crippen molar-refractivity contribution in [2.45, 2.75) is 39.2 Å². The molecule has 1 saturated carbocycles. The summed E-state index contributed by atoms with van der Waals surface area (Å²) in [6.45, 7) is 3.60. The van der Waals surface area contributed by atoms with Gasteiger partial charge < -0.3 is 15.4 Å². The van der Waals surface area contributed by atoms with Gasteiger partial charge in [0, 0.05) is 11.6 Å². The van der Waals surface area contributed by atoms with Crippen LogP contribution in [0, 0.1) is 11.8 Å². The lowest BCUT2D eigenvalue weighted by atomic mass is 9.78. The van der Waals surface area contributed by atoms with E-state index in [-0.39, 0.29) is 35.7 Å². The molecule has 8 heteroatoms. The SMILES string of the molecule is C[C@H]1[C@@H](NC(=O)COC(=O)CNC(=O)c2ccc(Cl)c(Cl)c2)CCC[C@@H]1C. The average Bonchev–Trinajstić information content (AvgIpc) is 2.64. The molecule has 2 N–H and O–H groups in total. The number of carbonyl (C=O) groups excluding carboxylic acids is 3. The molecule has 1 aromatic carbocycles. The number of rotatable bonds is 6. The van der Waals surface area contributed by atoms with Crippen LogP contribution in [0.3, 0.4) is 0 Å². The lowest BCUT2D eigenvalue weighted by molar-refractivity contribution is -0.147. The van der Waals surface area contributed by atoms with E-state index in [0.29, 0.717) is 16.9 Å². The van der Waals surface area contributed by atoms with Crippen LogP contribution in [0.25, 0.3) is 0 Å². The summed E-state index contributed by atoms with van der Waals surface area (Å²) in [6.07, 6.45) is 3.18. The number of nitrogens with one attached hydrogen (secondary N) is 2. The van der Waals surface area contributed by atoms with E-state index in [2.05, 4.69) is 24.5 Å². The third-order valence-electron chi connectivity index (χ3n) is 4.99. The fourth-order valence-corrected chi connectivity index (χ4v) is 3.42. The molecular weight excluding hydrogens is 391 g/mol. The molecule has 1 fully saturated rings. The number of halogens is 2. The third kappa shape index (κ3) is 6.40. The summed E-state index contributed by atoms with van der Waals surface area (Å²) in [6, 6.07) is 4.50. The zero-order valence-electron chi connectivity index (χ0n) is 15.4. The summed E-state index contributed by atoms with van der Waals surface area (Å²) in [5, 5.41) is 5.92. The van der Waals surface area contributed by atoms with E-state index in [0.717, 1.165) is 12.8 Å². The van der Waals surface area contributed by atoms with Gasteiger partial charge in [0.1, 0.15) is 6.54 Å². The minimum atomic E-state index is -0.691. The van der Waals surface area contributed by atoms with Crippen LogP contribution in [0.5, 0.6) is 0 Å². The average molecular weight is 415 g/mol. The third-order valence-corrected chi connectivity index (χ3v) is 5.73. The molecule has 2 rings (SSSR count). The molecule has 2 amide bonds. The Morgan fingerprint density at radius 1 is 1.15 bits per heavy atom. The number of esters is 1. The van der Waals surface area contributed by atoms with Crippen LogP contribution in [0.1, 0.15) is 43.5 Å². The Bertz CT molecular complexity index is 711. The molecule has 27 heavy (non-hydrogen) atoms. The van der Waals surface area contributed by atoms with Gasteiger partial charge in [-0.15, -0.1) is 0 Å². The molecule has 1 aromatic rings. The summed E-state index contributed by atoms with van der Waals surface area (Å²) in [4.78, 5) is 35.7. The maximum Gasteiger partial charge on any atom is 0.325 e. The van der Waals surface area contributed by atoms with Crippen molar-refractivity contribution in [3.8, 4) is 0 Å². The first-order chi connectivity index (χ1) is 12.8. The van der Waals surface area contributed by atoms with Crippen LogP contribution in [0.15, 0.2) is 18.2 Å². The highest BCUT2D eigenvalue weighted by Crippen LogP contribution is 2.29. The van der Waals surface area contributed by atoms with Crippen LogP contribution < -0.4 is 10.6 Å². The molecule has 6 nitrogen and oxygen atoms in total. The number of amides is 2. The minimum absolute atomic E-state index is 0.106. The zero-order chi connectivity index (χ0) is 20.0. The van der Waals surface area contributed by atoms with Crippen molar-refractivity contribution in [1.82, 2.24) is 10.6 Å². The van der Waals surface area contributed by atoms with E-state index in [9.17, 15) is 14.4 Å². The van der Waals surface area contributed by atoms with Crippen molar-refractivity contribution in [2.24, 2.45) is 11.8 Å². The molecule has 0 aliphatic heterocycles. The van der Waals surface area contributed by atoms with Gasteiger partial charge in [0.05, 0.1) is 10.0 Å². The first-order valence-electron chi connectivity index (χ1n) is 8.96. The molecule has 0 heterocycles. The highest BCUT2D eigenvalue weighted by molar-refractivity contribution is 6.42. The van der Waals surface area contributed by atoms with Crippen molar-refractivity contribution in [2.75, 3.05) is 13.2 Å². The van der Waals surface area contributed by atoms with E-state index in [1.807, 2.05) is 0 Å². The Kier molecular flexibility index (Phi) is 7.92. The van der Waals surface area contributed by atoms with Gasteiger partial charge in [-0.3, -0.25) is 14.4 Å². The smallest absolute Gasteiger partial charge is 0.325 e. The van der Waals surface area contributed by atoms with Crippen molar-refractivity contribution >= 4 is 41.0 Å². The molecule has 0 aromatic heterocycles. The van der Waals surface area contributed by atoms with Crippen molar-refractivity contribution < 1.29 is 19.1 Å². The lowest BCUT2D eigenvalue weighted by Gasteiger charge is -2.34. The molecule has 0 radical (unpaired) electrons. The van der Waals surface area contributed by atoms with Crippen molar-refractivity contribution in [3.05, 3.63) is 33.8 Å². The first kappa shape index (κ1) is 21.5. The fraction of sp³-hybridized carbons (Fsp3) is 0.526. The summed E-state index contributed by atoms with van der Waals surface area (Å²) in [5.74, 6) is -0.555. The predicted octanol–water partition coefficient (Wildman–Crippen LogP) is 3.21. The molecule has 0 spiro atoms. The number of ether oxygens (including phenoxy) is 1. The minimum Gasteiger partial charge on any atom is -0.454 e. The Morgan fingerprint density at radius 3 is 2.59 bits per heavy atom. The molecule has 0 bridgehead atoms. The van der Waals surface area contributed by atoms with E-state index in [1.165, 1.54) is 24.6 Å². The largest absolute Gasteiger partial charge is 0.454 e. The van der Waals surface area contributed by atoms with Crippen LogP contribution in [-0.2, 0) is 14.3 Å². The highest BCUT2D eigenvalue weighted by atomic mass is 35.5. The van der Waals surface area contributed by atoms with E-state index in [1.54, 1.807) is 0 Å². The van der Waals surface area contributed by atoms with Crippen LogP contribution in [0.4, 0.5) is 0 Å². The van der Waals surface area contributed by atoms with E-state index in [4.69, 9.17) is 27.9 Å². The summed E-state index contributed by atoms with van der Waals surface area (Å²) in [7, 11) is 0. The highest BCUT2D eigenvalue weighted by Gasteiger charge is 2.28. The maximum atomic E-state index is 12.0. The molecule has 148 valence electrons. The van der Waals surface area contributed by atoms with Gasteiger partial charge >= 0.3 is 5.97 Å². The number of hydrogen-bond acceptors (Lipinski definition) is 4. The Labute approximate surface area is 168 Å². The van der Waals surface area contributed by atoms with Gasteiger partial charge in [-0.2, -0.15) is 0 Å². The zero-order valence-corrected chi connectivity index (χ0v) is 16.9. The Morgan fingerprint density at radius 2 is 1.89 bits per heavy atom. The van der Waals surface area contributed by atoms with Crippen LogP contribution in [-0.4, -0.2) is 37.0 Å². The number of carbonyl (C=O) groups is 3. The molecule has 1 aliphatic carbocycles. The van der Waals surface area contributed by atoms with Gasteiger partial charge in [0.15, 0.2) is 6.61 Å². The number of benzene rings is 1. The summed E-state index contributed by atoms with van der Waals surface area (Å²) >= 11 is 11.7. The topological polar surface area (TPSA) is 84.5 Å². The van der Waals surface area contributed by atoms with Crippen LogP contribution >= 0.6 is 23.2 Å². The number of hydrogen-bond donors (Lipinski definition) is 2.